The summed E-state index contributed by atoms with van der Waals surface area (Å²) in [5.74, 6) is 0.614. The number of carbonyl (C=O) groups excluding carboxylic acids is 1. The number of nitrogens with two attached hydrogens (primary N) is 1. The molecule has 0 aromatic heterocycles. The third-order valence-electron chi connectivity index (χ3n) is 2.64. The summed E-state index contributed by atoms with van der Waals surface area (Å²) in [6, 6.07) is 7.82. The molecule has 0 unspecified atom stereocenters. The molecule has 0 amide bonds. The number of Topliss-reactive ketones (excluding diaryl/α,β-unsaturated/α-hetero) is 1. The van der Waals surface area contributed by atoms with E-state index in [1.165, 1.54) is 0 Å². The first kappa shape index (κ1) is 9.41. The van der Waals surface area contributed by atoms with Gasteiger partial charge in [-0.25, -0.2) is 0 Å². The van der Waals surface area contributed by atoms with Gasteiger partial charge < -0.3 is 5.73 Å². The molecule has 1 aromatic rings. The highest BCUT2D eigenvalue weighted by molar-refractivity contribution is 6.00. The van der Waals surface area contributed by atoms with Crippen LogP contribution in [-0.2, 0) is 6.42 Å². The molecule has 14 heavy (non-hydrogen) atoms. The first-order valence-corrected chi connectivity index (χ1v) is 5.15. The molecule has 2 N–H and O–H groups in total. The normalized spacial score (nSPS) is 15.5. The Morgan fingerprint density at radius 3 is 2.71 bits per heavy atom. The summed E-state index contributed by atoms with van der Waals surface area (Å²) in [6.07, 6.45) is 2.93. The summed E-state index contributed by atoms with van der Waals surface area (Å²) < 4.78 is 0. The zero-order valence-electron chi connectivity index (χ0n) is 8.20. The van der Waals surface area contributed by atoms with E-state index in [-0.39, 0.29) is 0 Å². The van der Waals surface area contributed by atoms with E-state index >= 15 is 0 Å². The van der Waals surface area contributed by atoms with Gasteiger partial charge in [0, 0.05) is 11.5 Å². The zero-order chi connectivity index (χ0) is 9.97. The van der Waals surface area contributed by atoms with Crippen LogP contribution >= 0.6 is 0 Å². The largest absolute Gasteiger partial charge is 0.330 e. The minimum absolute atomic E-state index is 0.300. The summed E-state index contributed by atoms with van der Waals surface area (Å²) in [5.41, 5.74) is 7.50. The molecule has 1 fully saturated rings. The van der Waals surface area contributed by atoms with Crippen LogP contribution in [0.3, 0.4) is 0 Å². The Bertz CT molecular complexity index is 342. The van der Waals surface area contributed by atoms with Crippen LogP contribution < -0.4 is 5.73 Å². The topological polar surface area (TPSA) is 43.1 Å². The van der Waals surface area contributed by atoms with Crippen molar-refractivity contribution in [3.63, 3.8) is 0 Å². The minimum Gasteiger partial charge on any atom is -0.330 e. The number of benzene rings is 1. The lowest BCUT2D eigenvalue weighted by molar-refractivity contribution is 0.0967. The lowest BCUT2D eigenvalue weighted by Crippen LogP contribution is -2.10. The van der Waals surface area contributed by atoms with Gasteiger partial charge in [0.05, 0.1) is 0 Å². The SMILES string of the molecule is NCCc1ccccc1C(=O)C1CC1. The summed E-state index contributed by atoms with van der Waals surface area (Å²) >= 11 is 0. The van der Waals surface area contributed by atoms with Gasteiger partial charge >= 0.3 is 0 Å². The van der Waals surface area contributed by atoms with E-state index in [9.17, 15) is 4.79 Å². The fraction of sp³-hybridized carbons (Fsp3) is 0.417. The molecule has 1 aliphatic rings. The lowest BCUT2D eigenvalue weighted by Gasteiger charge is -2.06. The zero-order valence-corrected chi connectivity index (χ0v) is 8.20. The van der Waals surface area contributed by atoms with Gasteiger partial charge in [-0.05, 0) is 31.4 Å². The second-order valence-electron chi connectivity index (χ2n) is 3.83. The summed E-state index contributed by atoms with van der Waals surface area (Å²) in [6.45, 7) is 0.606. The fourth-order valence-electron chi connectivity index (χ4n) is 1.70. The molecule has 0 spiro atoms. The van der Waals surface area contributed by atoms with Crippen LogP contribution in [0.4, 0.5) is 0 Å². The Labute approximate surface area is 84.1 Å². The smallest absolute Gasteiger partial charge is 0.166 e. The highest BCUT2D eigenvalue weighted by atomic mass is 16.1. The van der Waals surface area contributed by atoms with Crippen molar-refractivity contribution in [2.24, 2.45) is 11.7 Å². The van der Waals surface area contributed by atoms with Crippen LogP contribution in [0, 0.1) is 5.92 Å². The fourth-order valence-corrected chi connectivity index (χ4v) is 1.70. The van der Waals surface area contributed by atoms with Crippen molar-refractivity contribution in [2.45, 2.75) is 19.3 Å². The van der Waals surface area contributed by atoms with Crippen molar-refractivity contribution in [1.29, 1.82) is 0 Å². The predicted octanol–water partition coefficient (Wildman–Crippen LogP) is 1.78. The van der Waals surface area contributed by atoms with Gasteiger partial charge in [-0.1, -0.05) is 24.3 Å². The standard InChI is InChI=1S/C12H15NO/c13-8-7-9-3-1-2-4-11(9)12(14)10-5-6-10/h1-4,10H,5-8,13H2. The molecule has 2 rings (SSSR count). The molecule has 2 nitrogen and oxygen atoms in total. The molecule has 0 aliphatic heterocycles. The third-order valence-corrected chi connectivity index (χ3v) is 2.64. The first-order chi connectivity index (χ1) is 6.83. The molecule has 1 aromatic carbocycles. The molecule has 74 valence electrons. The Morgan fingerprint density at radius 2 is 2.07 bits per heavy atom. The molecule has 2 heteroatoms. The summed E-state index contributed by atoms with van der Waals surface area (Å²) in [7, 11) is 0. The average molecular weight is 189 g/mol. The Kier molecular flexibility index (Phi) is 2.64. The van der Waals surface area contributed by atoms with E-state index in [4.69, 9.17) is 5.73 Å². The van der Waals surface area contributed by atoms with Crippen LogP contribution in [-0.4, -0.2) is 12.3 Å². The Balaban J connectivity index is 2.25. The molecule has 0 heterocycles. The molecule has 1 aliphatic carbocycles. The van der Waals surface area contributed by atoms with Crippen LogP contribution in [0.25, 0.3) is 0 Å². The van der Waals surface area contributed by atoms with Gasteiger partial charge in [-0.15, -0.1) is 0 Å². The number of hydrogen-bond donors (Lipinski definition) is 1. The van der Waals surface area contributed by atoms with Crippen LogP contribution in [0.1, 0.15) is 28.8 Å². The minimum atomic E-state index is 0.300. The first-order valence-electron chi connectivity index (χ1n) is 5.15. The maximum Gasteiger partial charge on any atom is 0.166 e. The van der Waals surface area contributed by atoms with Gasteiger partial charge in [0.2, 0.25) is 0 Å². The third kappa shape index (κ3) is 1.85. The Hall–Kier alpha value is -1.15. The van der Waals surface area contributed by atoms with Crippen molar-refractivity contribution in [3.05, 3.63) is 35.4 Å². The average Bonchev–Trinajstić information content (AvgIpc) is 3.01. The number of carbonyl (C=O) groups is 1. The molecule has 0 radical (unpaired) electrons. The van der Waals surface area contributed by atoms with E-state index in [0.717, 1.165) is 30.4 Å². The summed E-state index contributed by atoms with van der Waals surface area (Å²) in [4.78, 5) is 11.9. The van der Waals surface area contributed by atoms with Crippen molar-refractivity contribution in [2.75, 3.05) is 6.54 Å². The van der Waals surface area contributed by atoms with Crippen molar-refractivity contribution >= 4 is 5.78 Å². The van der Waals surface area contributed by atoms with Crippen molar-refractivity contribution < 1.29 is 4.79 Å². The summed E-state index contributed by atoms with van der Waals surface area (Å²) in [5, 5.41) is 0. The molecular weight excluding hydrogens is 174 g/mol. The van der Waals surface area contributed by atoms with Gasteiger partial charge in [-0.2, -0.15) is 0 Å². The van der Waals surface area contributed by atoms with E-state index in [1.54, 1.807) is 0 Å². The Morgan fingerprint density at radius 1 is 1.36 bits per heavy atom. The maximum atomic E-state index is 11.9. The van der Waals surface area contributed by atoms with Crippen molar-refractivity contribution in [1.82, 2.24) is 0 Å². The molecular formula is C12H15NO. The van der Waals surface area contributed by atoms with Gasteiger partial charge in [0.1, 0.15) is 0 Å². The highest BCUT2D eigenvalue weighted by Gasteiger charge is 2.31. The molecule has 0 saturated heterocycles. The second-order valence-corrected chi connectivity index (χ2v) is 3.83. The lowest BCUT2D eigenvalue weighted by atomic mass is 9.99. The predicted molar refractivity (Wildman–Crippen MR) is 56.3 cm³/mol. The maximum absolute atomic E-state index is 11.9. The van der Waals surface area contributed by atoms with E-state index < -0.39 is 0 Å². The van der Waals surface area contributed by atoms with E-state index in [0.29, 0.717) is 18.2 Å². The number of hydrogen-bond acceptors (Lipinski definition) is 2. The quantitative estimate of drug-likeness (QED) is 0.734. The molecule has 0 atom stereocenters. The second kappa shape index (κ2) is 3.93. The van der Waals surface area contributed by atoms with Gasteiger partial charge in [-0.3, -0.25) is 4.79 Å². The van der Waals surface area contributed by atoms with E-state index in [1.807, 2.05) is 24.3 Å². The van der Waals surface area contributed by atoms with Crippen LogP contribution in [0.2, 0.25) is 0 Å². The highest BCUT2D eigenvalue weighted by Crippen LogP contribution is 2.33. The van der Waals surface area contributed by atoms with Gasteiger partial charge in [0.25, 0.3) is 0 Å². The van der Waals surface area contributed by atoms with E-state index in [2.05, 4.69) is 0 Å². The molecule has 1 saturated carbocycles. The van der Waals surface area contributed by atoms with Crippen molar-refractivity contribution in [3.8, 4) is 0 Å². The molecule has 0 bridgehead atoms. The monoisotopic (exact) mass is 189 g/mol. The number of ketones is 1. The van der Waals surface area contributed by atoms with Gasteiger partial charge in [0.15, 0.2) is 5.78 Å². The number of rotatable bonds is 4. The van der Waals surface area contributed by atoms with Crippen LogP contribution in [0.5, 0.6) is 0 Å². The van der Waals surface area contributed by atoms with Crippen LogP contribution in [0.15, 0.2) is 24.3 Å².